The van der Waals surface area contributed by atoms with E-state index < -0.39 is 42.7 Å². The summed E-state index contributed by atoms with van der Waals surface area (Å²) in [6, 6.07) is 24.2. The zero-order valence-corrected chi connectivity index (χ0v) is 27.2. The molecule has 5 aromatic rings. The number of esters is 2. The van der Waals surface area contributed by atoms with E-state index in [1.54, 1.807) is 60.7 Å². The summed E-state index contributed by atoms with van der Waals surface area (Å²) >= 11 is 8.59. The van der Waals surface area contributed by atoms with Crippen LogP contribution < -0.4 is 10.6 Å². The average Bonchev–Trinajstić information content (AvgIpc) is 3.65. The number of aliphatic hydroxyl groups excluding tert-OH is 1. The number of aliphatic hydroxyl groups is 1. The lowest BCUT2D eigenvalue weighted by atomic mass is 10.1. The number of ether oxygens (including phenoxy) is 3. The maximum atomic E-state index is 13.4. The van der Waals surface area contributed by atoms with E-state index in [1.165, 1.54) is 10.9 Å². The molecule has 0 bridgehead atoms. The van der Waals surface area contributed by atoms with Crippen LogP contribution >= 0.6 is 34.2 Å². The Hall–Kier alpha value is -4.64. The molecule has 1 amide bonds. The van der Waals surface area contributed by atoms with Crippen molar-refractivity contribution in [3.63, 3.8) is 0 Å². The summed E-state index contributed by atoms with van der Waals surface area (Å²) in [5, 5.41) is 16.3. The first-order valence-electron chi connectivity index (χ1n) is 14.3. The molecule has 0 saturated carbocycles. The van der Waals surface area contributed by atoms with Crippen molar-refractivity contribution in [1.29, 1.82) is 0 Å². The third kappa shape index (κ3) is 7.20. The van der Waals surface area contributed by atoms with Gasteiger partial charge in [0, 0.05) is 10.1 Å². The summed E-state index contributed by atoms with van der Waals surface area (Å²) in [5.41, 5.74) is 1.94. The van der Waals surface area contributed by atoms with Crippen molar-refractivity contribution in [2.75, 3.05) is 5.32 Å². The normalized spacial score (nSPS) is 19.6. The van der Waals surface area contributed by atoms with Gasteiger partial charge >= 0.3 is 11.9 Å². The average molecular weight is 769 g/mol. The van der Waals surface area contributed by atoms with Crippen molar-refractivity contribution in [3.8, 4) is 0 Å². The molecule has 1 unspecified atom stereocenters. The molecule has 1 aliphatic heterocycles. The molecule has 1 saturated heterocycles. The number of carbonyl (C=O) groups is 3. The summed E-state index contributed by atoms with van der Waals surface area (Å²) in [6.45, 7) is 0.409. The largest absolute Gasteiger partial charge is 0.452 e. The highest BCUT2D eigenvalue weighted by atomic mass is 127. The van der Waals surface area contributed by atoms with Crippen molar-refractivity contribution in [3.05, 3.63) is 117 Å². The molecule has 0 aliphatic carbocycles. The fourth-order valence-electron chi connectivity index (χ4n) is 5.13. The van der Waals surface area contributed by atoms with Crippen molar-refractivity contribution in [1.82, 2.24) is 24.8 Å². The van der Waals surface area contributed by atoms with Crippen LogP contribution in [0.1, 0.15) is 32.5 Å². The van der Waals surface area contributed by atoms with Gasteiger partial charge in [0.2, 0.25) is 11.7 Å². The van der Waals surface area contributed by atoms with Gasteiger partial charge in [0.05, 0.1) is 17.5 Å². The molecule has 13 nitrogen and oxygen atoms in total. The fraction of sp³-hybridized carbons (Fsp3) is 0.188. The van der Waals surface area contributed by atoms with Gasteiger partial charge in [-0.25, -0.2) is 14.6 Å². The number of imidazole rings is 1. The third-order valence-electron chi connectivity index (χ3n) is 7.30. The number of anilines is 1. The van der Waals surface area contributed by atoms with Gasteiger partial charge in [0.1, 0.15) is 6.10 Å². The van der Waals surface area contributed by atoms with E-state index in [-0.39, 0.29) is 28.5 Å². The topological polar surface area (TPSA) is 167 Å². The van der Waals surface area contributed by atoms with Crippen molar-refractivity contribution >= 4 is 69.5 Å². The molecule has 6 rings (SSSR count). The second-order valence-corrected chi connectivity index (χ2v) is 11.9. The van der Waals surface area contributed by atoms with E-state index in [2.05, 4.69) is 48.2 Å². The number of nitrogens with one attached hydrogen (secondary N) is 2. The molecule has 3 heterocycles. The lowest BCUT2D eigenvalue weighted by molar-refractivity contribution is -0.122. The quantitative estimate of drug-likeness (QED) is 0.0582. The van der Waals surface area contributed by atoms with Crippen molar-refractivity contribution in [2.45, 2.75) is 37.3 Å². The molecule has 5 atom stereocenters. The first-order valence-corrected chi connectivity index (χ1v) is 15.7. The second-order valence-electron chi connectivity index (χ2n) is 10.3. The SMILES string of the molecule is O=CNC(O)[C@H]1O[C@@H](n2cnc3c(NCc4cccc(I)c4)nc(Cl)nc32)[C@H](OC(=O)c2ccccc2)[C@@H]1OC(=O)c1ccccc1. The fourth-order valence-corrected chi connectivity index (χ4v) is 5.90. The van der Waals surface area contributed by atoms with Gasteiger partial charge in [0.25, 0.3) is 0 Å². The molecular formula is C32H26ClIN6O7. The Kier molecular flexibility index (Phi) is 9.91. The summed E-state index contributed by atoms with van der Waals surface area (Å²) in [4.78, 5) is 51.2. The number of hydrogen-bond donors (Lipinski definition) is 3. The molecule has 3 N–H and O–H groups in total. The minimum absolute atomic E-state index is 0.105. The molecule has 0 spiro atoms. The van der Waals surface area contributed by atoms with E-state index in [9.17, 15) is 19.5 Å². The Morgan fingerprint density at radius 3 is 2.28 bits per heavy atom. The van der Waals surface area contributed by atoms with Gasteiger partial charge in [-0.15, -0.1) is 0 Å². The van der Waals surface area contributed by atoms with Crippen LogP contribution in [0.2, 0.25) is 5.28 Å². The number of rotatable bonds is 11. The van der Waals surface area contributed by atoms with Crippen LogP contribution in [-0.2, 0) is 25.5 Å². The predicted molar refractivity (Wildman–Crippen MR) is 177 cm³/mol. The third-order valence-corrected chi connectivity index (χ3v) is 8.14. The molecule has 1 fully saturated rings. The molecular weight excluding hydrogens is 743 g/mol. The first kappa shape index (κ1) is 32.3. The predicted octanol–water partition coefficient (Wildman–Crippen LogP) is 4.11. The number of halogens is 2. The lowest BCUT2D eigenvalue weighted by Gasteiger charge is -2.26. The van der Waals surface area contributed by atoms with E-state index in [1.807, 2.05) is 24.3 Å². The molecule has 47 heavy (non-hydrogen) atoms. The Bertz CT molecular complexity index is 1900. The first-order chi connectivity index (χ1) is 22.8. The maximum absolute atomic E-state index is 13.4. The number of benzene rings is 3. The molecule has 3 aromatic carbocycles. The Morgan fingerprint density at radius 1 is 0.979 bits per heavy atom. The van der Waals surface area contributed by atoms with E-state index in [4.69, 9.17) is 25.8 Å². The summed E-state index contributed by atoms with van der Waals surface area (Å²) in [7, 11) is 0. The summed E-state index contributed by atoms with van der Waals surface area (Å²) in [6.07, 6.45) is -5.43. The number of nitrogens with zero attached hydrogens (tertiary/aromatic N) is 4. The standard InChI is InChI=1S/C32H26ClIN6O7/c33-32-38-26(35-15-18-8-7-13-21(34)14-18)22-27(39-32)40(16-36-22)29-25(47-31(44)20-11-5-2-6-12-20)23(24(45-29)28(42)37-17-41)46-30(43)19-9-3-1-4-10-19/h1-14,16-17,23-25,28-29,42H,15H2,(H,37,41)(H,35,38,39)/t23-,24+,25-,28?,29-/m1/s1. The summed E-state index contributed by atoms with van der Waals surface area (Å²) in [5.74, 6) is -1.19. The van der Waals surface area contributed by atoms with Crippen molar-refractivity contribution in [2.24, 2.45) is 0 Å². The Morgan fingerprint density at radius 2 is 1.64 bits per heavy atom. The van der Waals surface area contributed by atoms with Gasteiger partial charge in [-0.05, 0) is 76.2 Å². The highest BCUT2D eigenvalue weighted by Crippen LogP contribution is 2.38. The van der Waals surface area contributed by atoms with Gasteiger partial charge in [-0.3, -0.25) is 9.36 Å². The smallest absolute Gasteiger partial charge is 0.338 e. The van der Waals surface area contributed by atoms with E-state index >= 15 is 0 Å². The maximum Gasteiger partial charge on any atom is 0.338 e. The van der Waals surface area contributed by atoms with Crippen LogP contribution in [0.15, 0.2) is 91.3 Å². The monoisotopic (exact) mass is 768 g/mol. The zero-order valence-electron chi connectivity index (χ0n) is 24.3. The van der Waals surface area contributed by atoms with Crippen LogP contribution in [0.4, 0.5) is 5.82 Å². The lowest BCUT2D eigenvalue weighted by Crippen LogP contribution is -2.48. The van der Waals surface area contributed by atoms with Gasteiger partial charge in [-0.1, -0.05) is 48.5 Å². The Balaban J connectivity index is 1.39. The number of aromatic nitrogens is 4. The number of hydrogen-bond acceptors (Lipinski definition) is 11. The highest BCUT2D eigenvalue weighted by Gasteiger charge is 2.54. The highest BCUT2D eigenvalue weighted by molar-refractivity contribution is 14.1. The Labute approximate surface area is 286 Å². The minimum atomic E-state index is -1.66. The van der Waals surface area contributed by atoms with Gasteiger partial charge in [0.15, 0.2) is 41.6 Å². The number of amides is 1. The zero-order chi connectivity index (χ0) is 32.9. The number of fused-ring (bicyclic) bond motifs is 1. The van der Waals surface area contributed by atoms with Crippen LogP contribution in [0.5, 0.6) is 0 Å². The van der Waals surface area contributed by atoms with Gasteiger partial charge in [-0.2, -0.15) is 9.97 Å². The summed E-state index contributed by atoms with van der Waals surface area (Å²) < 4.78 is 20.5. The van der Waals surface area contributed by atoms with Crippen LogP contribution in [0.25, 0.3) is 11.2 Å². The van der Waals surface area contributed by atoms with Crippen molar-refractivity contribution < 1.29 is 33.7 Å². The molecule has 15 heteroatoms. The van der Waals surface area contributed by atoms with E-state index in [0.29, 0.717) is 17.9 Å². The van der Waals surface area contributed by atoms with Crippen LogP contribution in [0.3, 0.4) is 0 Å². The molecule has 240 valence electrons. The second kappa shape index (κ2) is 14.4. The number of carbonyl (C=O) groups excluding carboxylic acids is 3. The molecule has 1 aliphatic rings. The van der Waals surface area contributed by atoms with Crippen LogP contribution in [-0.4, -0.2) is 67.5 Å². The van der Waals surface area contributed by atoms with Gasteiger partial charge < -0.3 is 30.0 Å². The van der Waals surface area contributed by atoms with E-state index in [0.717, 1.165) is 9.13 Å². The molecule has 0 radical (unpaired) electrons. The molecule has 2 aromatic heterocycles. The minimum Gasteiger partial charge on any atom is -0.452 e. The van der Waals surface area contributed by atoms with Crippen LogP contribution in [0, 0.1) is 3.57 Å².